The van der Waals surface area contributed by atoms with Gasteiger partial charge in [-0.2, -0.15) is 0 Å². The van der Waals surface area contributed by atoms with Crippen LogP contribution >= 0.6 is 0 Å². The molecular weight excluding hydrogens is 147 g/mol. The van der Waals surface area contributed by atoms with Crippen molar-refractivity contribution in [1.82, 2.24) is 0 Å². The van der Waals surface area contributed by atoms with E-state index in [4.69, 9.17) is 5.11 Å². The number of hydrogen-bond donors (Lipinski definition) is 1. The molecule has 11 heavy (non-hydrogen) atoms. The summed E-state index contributed by atoms with van der Waals surface area (Å²) in [5, 5.41) is 9.02. The summed E-state index contributed by atoms with van der Waals surface area (Å²) < 4.78 is 11.8. The lowest BCUT2D eigenvalue weighted by Gasteiger charge is -1.97. The number of carbonyl (C=O) groups is 1. The second kappa shape index (κ2) is 3.14. The maximum absolute atomic E-state index is 11.8. The summed E-state index contributed by atoms with van der Waals surface area (Å²) in [6, 6.07) is 5.88. The van der Waals surface area contributed by atoms with Crippen LogP contribution in [0.25, 0.3) is 0 Å². The third kappa shape index (κ3) is 1.55. The first-order chi connectivity index (χ1) is 5.25. The second-order valence-corrected chi connectivity index (χ2v) is 2.07. The van der Waals surface area contributed by atoms with Gasteiger partial charge in [0.1, 0.15) is 5.75 Å². The molecule has 0 atom stereocenters. The third-order valence-electron chi connectivity index (χ3n) is 1.33. The molecule has 1 N–H and O–H groups in total. The molecular formula is C8H7FO2. The van der Waals surface area contributed by atoms with Gasteiger partial charge in [-0.25, -0.2) is 4.39 Å². The number of benzene rings is 1. The van der Waals surface area contributed by atoms with Gasteiger partial charge in [0.2, 0.25) is 0 Å². The highest BCUT2D eigenvalue weighted by molar-refractivity contribution is 5.99. The Morgan fingerprint density at radius 3 is 2.64 bits per heavy atom. The first-order valence-electron chi connectivity index (χ1n) is 3.13. The second-order valence-electron chi connectivity index (χ2n) is 2.07. The average molecular weight is 154 g/mol. The van der Waals surface area contributed by atoms with Crippen molar-refractivity contribution in [2.75, 3.05) is 6.67 Å². The molecule has 0 aromatic heterocycles. The van der Waals surface area contributed by atoms with E-state index in [1.54, 1.807) is 12.1 Å². The van der Waals surface area contributed by atoms with E-state index in [1.807, 2.05) is 0 Å². The molecule has 0 saturated heterocycles. The molecule has 0 unspecified atom stereocenters. The summed E-state index contributed by atoms with van der Waals surface area (Å²) in [7, 11) is 0. The van der Waals surface area contributed by atoms with E-state index in [-0.39, 0.29) is 11.3 Å². The van der Waals surface area contributed by atoms with Crippen molar-refractivity contribution >= 4 is 5.78 Å². The number of phenols is 1. The number of rotatable bonds is 2. The van der Waals surface area contributed by atoms with Crippen LogP contribution in [0, 0.1) is 0 Å². The maximum Gasteiger partial charge on any atom is 0.197 e. The number of hydrogen-bond acceptors (Lipinski definition) is 2. The van der Waals surface area contributed by atoms with E-state index < -0.39 is 12.5 Å². The molecule has 0 fully saturated rings. The highest BCUT2D eigenvalue weighted by atomic mass is 19.1. The minimum Gasteiger partial charge on any atom is -0.507 e. The predicted molar refractivity (Wildman–Crippen MR) is 38.4 cm³/mol. The van der Waals surface area contributed by atoms with Gasteiger partial charge in [0, 0.05) is 0 Å². The van der Waals surface area contributed by atoms with Crippen LogP contribution in [0.1, 0.15) is 10.4 Å². The highest BCUT2D eigenvalue weighted by Crippen LogP contribution is 2.15. The summed E-state index contributed by atoms with van der Waals surface area (Å²) in [5.41, 5.74) is 0.0370. The van der Waals surface area contributed by atoms with E-state index in [2.05, 4.69) is 0 Å². The van der Waals surface area contributed by atoms with E-state index in [0.29, 0.717) is 0 Å². The van der Waals surface area contributed by atoms with E-state index in [1.165, 1.54) is 12.1 Å². The Morgan fingerprint density at radius 1 is 1.45 bits per heavy atom. The monoisotopic (exact) mass is 154 g/mol. The molecule has 0 amide bonds. The summed E-state index contributed by atoms with van der Waals surface area (Å²) >= 11 is 0. The number of ketones is 1. The minimum atomic E-state index is -1.07. The SMILES string of the molecule is O=C(CF)c1ccccc1O. The number of aromatic hydroxyl groups is 1. The Bertz CT molecular complexity index is 271. The van der Waals surface area contributed by atoms with Gasteiger partial charge in [0.15, 0.2) is 12.5 Å². The number of halogens is 1. The lowest BCUT2D eigenvalue weighted by molar-refractivity contribution is 0.0956. The Hall–Kier alpha value is -1.38. The molecule has 0 bridgehead atoms. The summed E-state index contributed by atoms with van der Waals surface area (Å²) in [6.07, 6.45) is 0. The molecule has 1 aromatic carbocycles. The molecule has 58 valence electrons. The van der Waals surface area contributed by atoms with Gasteiger partial charge >= 0.3 is 0 Å². The number of para-hydroxylation sites is 1. The van der Waals surface area contributed by atoms with E-state index in [9.17, 15) is 9.18 Å². The van der Waals surface area contributed by atoms with Crippen LogP contribution in [0.5, 0.6) is 5.75 Å². The fraction of sp³-hybridized carbons (Fsp3) is 0.125. The smallest absolute Gasteiger partial charge is 0.197 e. The standard InChI is InChI=1S/C8H7FO2/c9-5-8(11)6-3-1-2-4-7(6)10/h1-4,10H,5H2. The Morgan fingerprint density at radius 2 is 2.09 bits per heavy atom. The normalized spacial score (nSPS) is 9.55. The van der Waals surface area contributed by atoms with Crippen LogP contribution in [0.2, 0.25) is 0 Å². The Balaban J connectivity index is 3.03. The molecule has 0 radical (unpaired) electrons. The molecule has 0 aliphatic heterocycles. The Labute approximate surface area is 63.3 Å². The van der Waals surface area contributed by atoms with Crippen LogP contribution in [0.15, 0.2) is 24.3 Å². The lowest BCUT2D eigenvalue weighted by atomic mass is 10.1. The van der Waals surface area contributed by atoms with Crippen LogP contribution in [0.4, 0.5) is 4.39 Å². The van der Waals surface area contributed by atoms with Crippen LogP contribution in [-0.4, -0.2) is 17.6 Å². The third-order valence-corrected chi connectivity index (χ3v) is 1.33. The van der Waals surface area contributed by atoms with Gasteiger partial charge in [-0.3, -0.25) is 4.79 Å². The van der Waals surface area contributed by atoms with Crippen molar-refractivity contribution in [2.45, 2.75) is 0 Å². The fourth-order valence-electron chi connectivity index (χ4n) is 0.781. The molecule has 0 saturated carbocycles. The highest BCUT2D eigenvalue weighted by Gasteiger charge is 2.08. The van der Waals surface area contributed by atoms with Crippen LogP contribution < -0.4 is 0 Å². The largest absolute Gasteiger partial charge is 0.507 e. The quantitative estimate of drug-likeness (QED) is 0.656. The molecule has 0 aliphatic carbocycles. The van der Waals surface area contributed by atoms with E-state index in [0.717, 1.165) is 0 Å². The fourth-order valence-corrected chi connectivity index (χ4v) is 0.781. The zero-order valence-electron chi connectivity index (χ0n) is 5.75. The number of carbonyl (C=O) groups excluding carboxylic acids is 1. The van der Waals surface area contributed by atoms with Crippen LogP contribution in [0.3, 0.4) is 0 Å². The van der Waals surface area contributed by atoms with Gasteiger partial charge < -0.3 is 5.11 Å². The summed E-state index contributed by atoms with van der Waals surface area (Å²) in [5.74, 6) is -0.863. The van der Waals surface area contributed by atoms with Crippen LogP contribution in [-0.2, 0) is 0 Å². The van der Waals surface area contributed by atoms with Crippen molar-refractivity contribution in [3.63, 3.8) is 0 Å². The average Bonchev–Trinajstić information content (AvgIpc) is 2.04. The maximum atomic E-state index is 11.8. The van der Waals surface area contributed by atoms with Crippen molar-refractivity contribution in [2.24, 2.45) is 0 Å². The first-order valence-corrected chi connectivity index (χ1v) is 3.13. The molecule has 3 heteroatoms. The van der Waals surface area contributed by atoms with Gasteiger partial charge in [-0.15, -0.1) is 0 Å². The Kier molecular flexibility index (Phi) is 2.21. The molecule has 0 spiro atoms. The topological polar surface area (TPSA) is 37.3 Å². The molecule has 1 rings (SSSR count). The predicted octanol–water partition coefficient (Wildman–Crippen LogP) is 1.54. The van der Waals surface area contributed by atoms with E-state index >= 15 is 0 Å². The molecule has 1 aromatic rings. The molecule has 0 aliphatic rings. The van der Waals surface area contributed by atoms with Crippen molar-refractivity contribution < 1.29 is 14.3 Å². The first kappa shape index (κ1) is 7.72. The minimum absolute atomic E-state index is 0.0370. The number of phenolic OH excluding ortho intramolecular Hbond substituents is 1. The summed E-state index contributed by atoms with van der Waals surface area (Å²) in [4.78, 5) is 10.7. The number of alkyl halides is 1. The zero-order chi connectivity index (χ0) is 8.27. The molecule has 2 nitrogen and oxygen atoms in total. The zero-order valence-corrected chi connectivity index (χ0v) is 5.75. The van der Waals surface area contributed by atoms with Gasteiger partial charge in [-0.05, 0) is 12.1 Å². The summed E-state index contributed by atoms with van der Waals surface area (Å²) in [6.45, 7) is -1.07. The molecule has 0 heterocycles. The van der Waals surface area contributed by atoms with Crippen molar-refractivity contribution in [3.05, 3.63) is 29.8 Å². The van der Waals surface area contributed by atoms with Crippen molar-refractivity contribution in [1.29, 1.82) is 0 Å². The number of Topliss-reactive ketones (excluding diaryl/α,β-unsaturated/α-hetero) is 1. The van der Waals surface area contributed by atoms with Gasteiger partial charge in [0.25, 0.3) is 0 Å². The lowest BCUT2D eigenvalue weighted by Crippen LogP contribution is -2.00. The van der Waals surface area contributed by atoms with Gasteiger partial charge in [-0.1, -0.05) is 12.1 Å². The van der Waals surface area contributed by atoms with Crippen molar-refractivity contribution in [3.8, 4) is 5.75 Å². The van der Waals surface area contributed by atoms with Gasteiger partial charge in [0.05, 0.1) is 5.56 Å².